The van der Waals surface area contributed by atoms with E-state index in [-0.39, 0.29) is 0 Å². The van der Waals surface area contributed by atoms with Crippen LogP contribution in [-0.2, 0) is 4.74 Å². The Balaban J connectivity index is 2.29. The molecule has 1 aliphatic heterocycles. The molecule has 1 fully saturated rings. The topological polar surface area (TPSA) is 78.3 Å². The zero-order valence-corrected chi connectivity index (χ0v) is 8.92. The number of amides is 1. The molecule has 0 aliphatic carbocycles. The molecule has 1 aliphatic rings. The molecular formula is C10H12N2O2S. The Morgan fingerprint density at radius 1 is 1.47 bits per heavy atom. The van der Waals surface area contributed by atoms with Crippen molar-refractivity contribution >= 4 is 23.4 Å². The minimum atomic E-state index is -0.440. The van der Waals surface area contributed by atoms with Crippen LogP contribution in [-0.4, -0.2) is 24.4 Å². The maximum absolute atomic E-state index is 11.2. The fourth-order valence-electron chi connectivity index (χ4n) is 1.33. The first kappa shape index (κ1) is 10.3. The van der Waals surface area contributed by atoms with Crippen molar-refractivity contribution < 1.29 is 9.53 Å². The average Bonchev–Trinajstić information content (AvgIpc) is 2.12. The van der Waals surface area contributed by atoms with Crippen LogP contribution in [0, 0.1) is 0 Å². The van der Waals surface area contributed by atoms with Gasteiger partial charge < -0.3 is 16.2 Å². The van der Waals surface area contributed by atoms with Crippen molar-refractivity contribution in [3.63, 3.8) is 0 Å². The number of thioether (sulfide) groups is 1. The van der Waals surface area contributed by atoms with Crippen LogP contribution in [0.2, 0.25) is 0 Å². The predicted octanol–water partition coefficient (Wildman–Crippen LogP) is 0.859. The van der Waals surface area contributed by atoms with Crippen LogP contribution in [0.3, 0.4) is 0 Å². The number of anilines is 1. The second-order valence-corrected chi connectivity index (χ2v) is 4.68. The first-order valence-corrected chi connectivity index (χ1v) is 5.49. The van der Waals surface area contributed by atoms with Crippen molar-refractivity contribution in [1.82, 2.24) is 0 Å². The summed E-state index contributed by atoms with van der Waals surface area (Å²) in [5.74, 6) is -0.440. The zero-order chi connectivity index (χ0) is 10.8. The molecule has 1 saturated heterocycles. The molecule has 1 aromatic carbocycles. The average molecular weight is 224 g/mol. The highest BCUT2D eigenvalue weighted by Gasteiger charge is 2.23. The third-order valence-electron chi connectivity index (χ3n) is 2.20. The van der Waals surface area contributed by atoms with Gasteiger partial charge in [0, 0.05) is 10.6 Å². The second kappa shape index (κ2) is 4.12. The lowest BCUT2D eigenvalue weighted by Gasteiger charge is -2.26. The first-order chi connectivity index (χ1) is 7.18. The van der Waals surface area contributed by atoms with Crippen LogP contribution in [0.5, 0.6) is 0 Å². The van der Waals surface area contributed by atoms with Crippen molar-refractivity contribution in [3.05, 3.63) is 23.8 Å². The van der Waals surface area contributed by atoms with E-state index >= 15 is 0 Å². The van der Waals surface area contributed by atoms with Crippen molar-refractivity contribution in [2.24, 2.45) is 5.73 Å². The molecule has 80 valence electrons. The molecule has 0 aromatic heterocycles. The molecule has 4 nitrogen and oxygen atoms in total. The Hall–Kier alpha value is -1.20. The third kappa shape index (κ3) is 2.08. The van der Waals surface area contributed by atoms with Crippen molar-refractivity contribution in [2.45, 2.75) is 10.1 Å². The van der Waals surface area contributed by atoms with Gasteiger partial charge in [0.2, 0.25) is 5.91 Å². The summed E-state index contributed by atoms with van der Waals surface area (Å²) in [5.41, 5.74) is 12.2. The van der Waals surface area contributed by atoms with Gasteiger partial charge in [0.15, 0.2) is 0 Å². The molecule has 1 heterocycles. The highest BCUT2D eigenvalue weighted by Crippen LogP contribution is 2.34. The quantitative estimate of drug-likeness (QED) is 0.746. The molecule has 2 rings (SSSR count). The van der Waals surface area contributed by atoms with E-state index < -0.39 is 5.91 Å². The van der Waals surface area contributed by atoms with Crippen molar-refractivity contribution in [3.8, 4) is 0 Å². The first-order valence-electron chi connectivity index (χ1n) is 4.61. The minimum absolute atomic E-state index is 0.382. The Kier molecular flexibility index (Phi) is 2.83. The lowest BCUT2D eigenvalue weighted by atomic mass is 10.2. The summed E-state index contributed by atoms with van der Waals surface area (Å²) in [7, 11) is 0. The van der Waals surface area contributed by atoms with Gasteiger partial charge in [0.25, 0.3) is 0 Å². The molecule has 0 spiro atoms. The molecule has 0 saturated carbocycles. The number of primary amides is 1. The van der Waals surface area contributed by atoms with E-state index in [1.165, 1.54) is 0 Å². The van der Waals surface area contributed by atoms with E-state index in [2.05, 4.69) is 0 Å². The van der Waals surface area contributed by atoms with E-state index in [4.69, 9.17) is 16.2 Å². The number of ether oxygens (including phenoxy) is 1. The lowest BCUT2D eigenvalue weighted by molar-refractivity contribution is 0.0455. The summed E-state index contributed by atoms with van der Waals surface area (Å²) in [6, 6.07) is 5.20. The van der Waals surface area contributed by atoms with E-state index in [1.54, 1.807) is 30.0 Å². The molecule has 4 N–H and O–H groups in total. The summed E-state index contributed by atoms with van der Waals surface area (Å²) in [6.07, 6.45) is 0. The summed E-state index contributed by atoms with van der Waals surface area (Å²) < 4.78 is 5.07. The van der Waals surface area contributed by atoms with E-state index in [0.29, 0.717) is 29.7 Å². The van der Waals surface area contributed by atoms with Gasteiger partial charge in [0.1, 0.15) is 0 Å². The van der Waals surface area contributed by atoms with Crippen LogP contribution in [0.1, 0.15) is 10.4 Å². The standard InChI is InChI=1S/C10H12N2O2S/c11-8-3-1-2-7(10(12)13)9(8)15-6-4-14-5-6/h1-3,6H,4-5,11H2,(H2,12,13). The molecular weight excluding hydrogens is 212 g/mol. The molecule has 0 bridgehead atoms. The molecule has 15 heavy (non-hydrogen) atoms. The van der Waals surface area contributed by atoms with E-state index in [0.717, 1.165) is 4.90 Å². The fourth-order valence-corrected chi connectivity index (χ4v) is 2.49. The normalized spacial score (nSPS) is 16.0. The van der Waals surface area contributed by atoms with Crippen LogP contribution in [0.4, 0.5) is 5.69 Å². The highest BCUT2D eigenvalue weighted by molar-refractivity contribution is 8.00. The minimum Gasteiger partial charge on any atom is -0.398 e. The van der Waals surface area contributed by atoms with Gasteiger partial charge in [-0.25, -0.2) is 0 Å². The van der Waals surface area contributed by atoms with Gasteiger partial charge >= 0.3 is 0 Å². The van der Waals surface area contributed by atoms with Gasteiger partial charge in [-0.05, 0) is 12.1 Å². The third-order valence-corrected chi connectivity index (χ3v) is 3.50. The van der Waals surface area contributed by atoms with Gasteiger partial charge in [-0.3, -0.25) is 4.79 Å². The number of nitrogen functional groups attached to an aromatic ring is 1. The van der Waals surface area contributed by atoms with Crippen LogP contribution in [0.25, 0.3) is 0 Å². The van der Waals surface area contributed by atoms with Gasteiger partial charge in [0.05, 0.1) is 24.0 Å². The van der Waals surface area contributed by atoms with Gasteiger partial charge in [-0.2, -0.15) is 0 Å². The summed E-state index contributed by atoms with van der Waals surface area (Å²) in [4.78, 5) is 12.0. The molecule has 0 atom stereocenters. The van der Waals surface area contributed by atoms with Crippen LogP contribution in [0.15, 0.2) is 23.1 Å². The monoisotopic (exact) mass is 224 g/mol. The number of carbonyl (C=O) groups excluding carboxylic acids is 1. The number of carbonyl (C=O) groups is 1. The molecule has 0 radical (unpaired) electrons. The predicted molar refractivity (Wildman–Crippen MR) is 59.8 cm³/mol. The molecule has 0 unspecified atom stereocenters. The SMILES string of the molecule is NC(=O)c1cccc(N)c1SC1COC1. The Labute approximate surface area is 92.0 Å². The lowest BCUT2D eigenvalue weighted by Crippen LogP contribution is -2.30. The summed E-state index contributed by atoms with van der Waals surface area (Å²) in [6.45, 7) is 1.41. The number of hydrogen-bond acceptors (Lipinski definition) is 4. The van der Waals surface area contributed by atoms with E-state index in [9.17, 15) is 4.79 Å². The second-order valence-electron chi connectivity index (χ2n) is 3.37. The fraction of sp³-hybridized carbons (Fsp3) is 0.300. The zero-order valence-electron chi connectivity index (χ0n) is 8.10. The highest BCUT2D eigenvalue weighted by atomic mass is 32.2. The van der Waals surface area contributed by atoms with E-state index in [1.807, 2.05) is 0 Å². The molecule has 5 heteroatoms. The van der Waals surface area contributed by atoms with Crippen LogP contribution < -0.4 is 11.5 Å². The maximum atomic E-state index is 11.2. The number of benzene rings is 1. The maximum Gasteiger partial charge on any atom is 0.249 e. The number of rotatable bonds is 3. The summed E-state index contributed by atoms with van der Waals surface area (Å²) >= 11 is 1.56. The number of nitrogens with two attached hydrogens (primary N) is 2. The van der Waals surface area contributed by atoms with Gasteiger partial charge in [-0.1, -0.05) is 6.07 Å². The Morgan fingerprint density at radius 2 is 2.20 bits per heavy atom. The molecule has 1 aromatic rings. The van der Waals surface area contributed by atoms with Gasteiger partial charge in [-0.15, -0.1) is 11.8 Å². The molecule has 1 amide bonds. The largest absolute Gasteiger partial charge is 0.398 e. The summed E-state index contributed by atoms with van der Waals surface area (Å²) in [5, 5.41) is 0.382. The Morgan fingerprint density at radius 3 is 2.73 bits per heavy atom. The van der Waals surface area contributed by atoms with Crippen molar-refractivity contribution in [2.75, 3.05) is 18.9 Å². The van der Waals surface area contributed by atoms with Crippen molar-refractivity contribution in [1.29, 1.82) is 0 Å². The number of hydrogen-bond donors (Lipinski definition) is 2. The Bertz CT molecular complexity index is 391. The smallest absolute Gasteiger partial charge is 0.249 e. The van der Waals surface area contributed by atoms with Crippen LogP contribution >= 0.6 is 11.8 Å².